The van der Waals surface area contributed by atoms with Gasteiger partial charge in [-0.15, -0.1) is 0 Å². The summed E-state index contributed by atoms with van der Waals surface area (Å²) >= 11 is 0. The van der Waals surface area contributed by atoms with Gasteiger partial charge < -0.3 is 0 Å². The second-order valence-corrected chi connectivity index (χ2v) is 9.49. The molecule has 0 saturated carbocycles. The molecule has 0 saturated heterocycles. The predicted molar refractivity (Wildman–Crippen MR) is 121 cm³/mol. The molecule has 1 atom stereocenters. The molecule has 0 bridgehead atoms. The first-order chi connectivity index (χ1) is 14.2. The smallest absolute Gasteiger partial charge is 0.246 e. The van der Waals surface area contributed by atoms with Crippen LogP contribution in [0.1, 0.15) is 55.8 Å². The molecule has 0 aromatic heterocycles. The standard InChI is InChI=1S/C23H29N3O3S/c1-5-17(6-2)23(27)26-22(18-12-8-7-11-16(18)3)15-21(24-26)19-13-9-10-14-20(19)25-30(4,28)29/h7-14,17,22,25H,5-6,15H2,1-4H3. The molecular formula is C23H29N3O3S. The maximum absolute atomic E-state index is 13.3. The summed E-state index contributed by atoms with van der Waals surface area (Å²) in [5.41, 5.74) is 4.03. The van der Waals surface area contributed by atoms with E-state index in [1.54, 1.807) is 17.1 Å². The van der Waals surface area contributed by atoms with Crippen LogP contribution in [0.3, 0.4) is 0 Å². The third-order valence-corrected chi connectivity index (χ3v) is 6.14. The fourth-order valence-corrected chi connectivity index (χ4v) is 4.51. The molecule has 7 heteroatoms. The summed E-state index contributed by atoms with van der Waals surface area (Å²) in [5.74, 6) is -0.0826. The highest BCUT2D eigenvalue weighted by Gasteiger charge is 2.36. The van der Waals surface area contributed by atoms with Crippen LogP contribution < -0.4 is 4.72 Å². The van der Waals surface area contributed by atoms with Gasteiger partial charge in [0.05, 0.1) is 23.7 Å². The van der Waals surface area contributed by atoms with Crippen LogP contribution in [0.25, 0.3) is 0 Å². The molecule has 1 aliphatic rings. The lowest BCUT2D eigenvalue weighted by Gasteiger charge is -2.26. The number of carbonyl (C=O) groups excluding carboxylic acids is 1. The van der Waals surface area contributed by atoms with Gasteiger partial charge in [-0.2, -0.15) is 5.10 Å². The number of anilines is 1. The Labute approximate surface area is 179 Å². The zero-order chi connectivity index (χ0) is 21.9. The number of aryl methyl sites for hydroxylation is 1. The number of sulfonamides is 1. The van der Waals surface area contributed by atoms with E-state index in [1.165, 1.54) is 0 Å². The summed E-state index contributed by atoms with van der Waals surface area (Å²) in [5, 5.41) is 6.35. The van der Waals surface area contributed by atoms with Crippen molar-refractivity contribution in [1.82, 2.24) is 5.01 Å². The van der Waals surface area contributed by atoms with Crippen molar-refractivity contribution in [3.8, 4) is 0 Å². The Balaban J connectivity index is 2.06. The van der Waals surface area contributed by atoms with Gasteiger partial charge in [-0.05, 0) is 37.0 Å². The lowest BCUT2D eigenvalue weighted by atomic mass is 9.93. The fraction of sp³-hybridized carbons (Fsp3) is 0.391. The van der Waals surface area contributed by atoms with Crippen LogP contribution in [0, 0.1) is 12.8 Å². The van der Waals surface area contributed by atoms with Crippen LogP contribution in [0.5, 0.6) is 0 Å². The number of benzene rings is 2. The van der Waals surface area contributed by atoms with Gasteiger partial charge in [0.2, 0.25) is 15.9 Å². The molecule has 2 aromatic rings. The normalized spacial score (nSPS) is 16.6. The molecule has 6 nitrogen and oxygen atoms in total. The van der Waals surface area contributed by atoms with E-state index in [0.717, 1.165) is 30.2 Å². The molecular weight excluding hydrogens is 398 g/mol. The highest BCUT2D eigenvalue weighted by molar-refractivity contribution is 7.92. The average Bonchev–Trinajstić information content (AvgIpc) is 3.13. The lowest BCUT2D eigenvalue weighted by Crippen LogP contribution is -2.32. The van der Waals surface area contributed by atoms with E-state index in [1.807, 2.05) is 57.2 Å². The average molecular weight is 428 g/mol. The van der Waals surface area contributed by atoms with Crippen molar-refractivity contribution in [2.24, 2.45) is 11.0 Å². The van der Waals surface area contributed by atoms with Crippen LogP contribution >= 0.6 is 0 Å². The summed E-state index contributed by atoms with van der Waals surface area (Å²) < 4.78 is 26.2. The molecule has 1 heterocycles. The minimum absolute atomic E-state index is 0.0109. The molecule has 1 amide bonds. The zero-order valence-electron chi connectivity index (χ0n) is 17.9. The number of hydrogen-bond acceptors (Lipinski definition) is 4. The van der Waals surface area contributed by atoms with E-state index < -0.39 is 10.0 Å². The van der Waals surface area contributed by atoms with Crippen molar-refractivity contribution in [1.29, 1.82) is 0 Å². The van der Waals surface area contributed by atoms with Gasteiger partial charge >= 0.3 is 0 Å². The highest BCUT2D eigenvalue weighted by atomic mass is 32.2. The molecule has 0 aliphatic carbocycles. The molecule has 2 aromatic carbocycles. The van der Waals surface area contributed by atoms with E-state index >= 15 is 0 Å². The Bertz CT molecular complexity index is 1060. The van der Waals surface area contributed by atoms with Crippen LogP contribution in [0.15, 0.2) is 53.6 Å². The highest BCUT2D eigenvalue weighted by Crippen LogP contribution is 2.37. The number of hydrogen-bond donors (Lipinski definition) is 1. The molecule has 1 unspecified atom stereocenters. The van der Waals surface area contributed by atoms with Crippen LogP contribution in [-0.4, -0.2) is 31.3 Å². The van der Waals surface area contributed by atoms with E-state index in [-0.39, 0.29) is 17.9 Å². The first kappa shape index (κ1) is 22.0. The van der Waals surface area contributed by atoms with E-state index in [2.05, 4.69) is 4.72 Å². The Morgan fingerprint density at radius 1 is 1.13 bits per heavy atom. The first-order valence-corrected chi connectivity index (χ1v) is 12.2. The van der Waals surface area contributed by atoms with Crippen molar-refractivity contribution in [2.75, 3.05) is 11.0 Å². The molecule has 30 heavy (non-hydrogen) atoms. The van der Waals surface area contributed by atoms with Crippen molar-refractivity contribution in [3.05, 3.63) is 65.2 Å². The van der Waals surface area contributed by atoms with Gasteiger partial charge in [-0.25, -0.2) is 13.4 Å². The molecule has 160 valence electrons. The number of rotatable bonds is 7. The first-order valence-electron chi connectivity index (χ1n) is 10.3. The third kappa shape index (κ3) is 4.73. The number of nitrogens with zero attached hydrogens (tertiary/aromatic N) is 2. The molecule has 0 radical (unpaired) electrons. The Morgan fingerprint density at radius 3 is 2.40 bits per heavy atom. The molecule has 3 rings (SSSR count). The summed E-state index contributed by atoms with van der Waals surface area (Å²) in [6.45, 7) is 6.06. The van der Waals surface area contributed by atoms with Crippen LogP contribution in [0.4, 0.5) is 5.69 Å². The van der Waals surface area contributed by atoms with Gasteiger partial charge in [0.25, 0.3) is 0 Å². The van der Waals surface area contributed by atoms with Gasteiger partial charge in [-0.1, -0.05) is 56.3 Å². The van der Waals surface area contributed by atoms with Crippen molar-refractivity contribution >= 4 is 27.3 Å². The van der Waals surface area contributed by atoms with Crippen molar-refractivity contribution in [2.45, 2.75) is 46.1 Å². The molecule has 1 aliphatic heterocycles. The summed E-state index contributed by atoms with van der Waals surface area (Å²) in [7, 11) is -3.44. The number of para-hydroxylation sites is 1. The maximum atomic E-state index is 13.3. The SMILES string of the molecule is CCC(CC)C(=O)N1N=C(c2ccccc2NS(C)(=O)=O)CC1c1ccccc1C. The van der Waals surface area contributed by atoms with Gasteiger partial charge in [0.1, 0.15) is 0 Å². The number of amides is 1. The quantitative estimate of drug-likeness (QED) is 0.707. The Kier molecular flexibility index (Phi) is 6.61. The van der Waals surface area contributed by atoms with E-state index in [4.69, 9.17) is 5.10 Å². The third-order valence-electron chi connectivity index (χ3n) is 5.55. The van der Waals surface area contributed by atoms with Gasteiger partial charge in [-0.3, -0.25) is 9.52 Å². The second-order valence-electron chi connectivity index (χ2n) is 7.74. The summed E-state index contributed by atoms with van der Waals surface area (Å²) in [6, 6.07) is 15.0. The Hall–Kier alpha value is -2.67. The molecule has 0 fully saturated rings. The second kappa shape index (κ2) is 9.00. The largest absolute Gasteiger partial charge is 0.283 e. The monoisotopic (exact) mass is 427 g/mol. The van der Waals surface area contributed by atoms with Gasteiger partial charge in [0, 0.05) is 17.9 Å². The zero-order valence-corrected chi connectivity index (χ0v) is 18.7. The van der Waals surface area contributed by atoms with Crippen LogP contribution in [0.2, 0.25) is 0 Å². The fourth-order valence-electron chi connectivity index (χ4n) is 3.93. The lowest BCUT2D eigenvalue weighted by molar-refractivity contribution is -0.137. The van der Waals surface area contributed by atoms with E-state index in [0.29, 0.717) is 23.4 Å². The summed E-state index contributed by atoms with van der Waals surface area (Å²) in [4.78, 5) is 13.3. The molecule has 1 N–H and O–H groups in total. The maximum Gasteiger partial charge on any atom is 0.246 e. The number of carbonyl (C=O) groups is 1. The predicted octanol–water partition coefficient (Wildman–Crippen LogP) is 4.48. The number of nitrogens with one attached hydrogen (secondary N) is 1. The Morgan fingerprint density at radius 2 is 1.77 bits per heavy atom. The topological polar surface area (TPSA) is 78.8 Å². The van der Waals surface area contributed by atoms with E-state index in [9.17, 15) is 13.2 Å². The van der Waals surface area contributed by atoms with Crippen molar-refractivity contribution in [3.63, 3.8) is 0 Å². The minimum atomic E-state index is -3.44. The molecule has 0 spiro atoms. The van der Waals surface area contributed by atoms with Gasteiger partial charge in [0.15, 0.2) is 0 Å². The minimum Gasteiger partial charge on any atom is -0.283 e. The number of hydrazone groups is 1. The van der Waals surface area contributed by atoms with Crippen molar-refractivity contribution < 1.29 is 13.2 Å². The van der Waals surface area contributed by atoms with Crippen LogP contribution in [-0.2, 0) is 14.8 Å². The summed E-state index contributed by atoms with van der Waals surface area (Å²) in [6.07, 6.45) is 3.16.